The second kappa shape index (κ2) is 7.67. The first-order valence-electron chi connectivity index (χ1n) is 9.73. The van der Waals surface area contributed by atoms with Crippen molar-refractivity contribution in [2.75, 3.05) is 27.2 Å². The number of amides is 1. The van der Waals surface area contributed by atoms with E-state index in [4.69, 9.17) is 0 Å². The molecule has 0 atom stereocenters. The highest BCUT2D eigenvalue weighted by molar-refractivity contribution is 5.93. The van der Waals surface area contributed by atoms with E-state index in [1.807, 2.05) is 19.0 Å². The van der Waals surface area contributed by atoms with Gasteiger partial charge in [-0.25, -0.2) is 9.50 Å². The van der Waals surface area contributed by atoms with Crippen molar-refractivity contribution in [1.29, 1.82) is 0 Å². The molecule has 0 aromatic carbocycles. The van der Waals surface area contributed by atoms with Crippen LogP contribution in [0, 0.1) is 0 Å². The first-order valence-corrected chi connectivity index (χ1v) is 9.73. The van der Waals surface area contributed by atoms with Gasteiger partial charge in [-0.15, -0.1) is 10.2 Å². The maximum atomic E-state index is 12.8. The van der Waals surface area contributed by atoms with Gasteiger partial charge in [0.05, 0.1) is 6.54 Å². The van der Waals surface area contributed by atoms with Crippen molar-refractivity contribution >= 4 is 11.6 Å². The number of piperidine rings is 1. The summed E-state index contributed by atoms with van der Waals surface area (Å²) in [4.78, 5) is 21.1. The summed E-state index contributed by atoms with van der Waals surface area (Å²) in [5.41, 5.74) is 1.13. The van der Waals surface area contributed by atoms with Crippen LogP contribution < -0.4 is 0 Å². The fraction of sp³-hybridized carbons (Fsp3) is 0.526. The highest BCUT2D eigenvalue weighted by atomic mass is 16.2. The van der Waals surface area contributed by atoms with Crippen molar-refractivity contribution in [3.05, 3.63) is 41.9 Å². The van der Waals surface area contributed by atoms with E-state index in [9.17, 15) is 4.79 Å². The first-order chi connectivity index (χ1) is 13.6. The molecule has 148 valence electrons. The fourth-order valence-electron chi connectivity index (χ4n) is 3.83. The lowest BCUT2D eigenvalue weighted by Gasteiger charge is -2.31. The zero-order valence-electron chi connectivity index (χ0n) is 16.6. The van der Waals surface area contributed by atoms with Gasteiger partial charge in [0.15, 0.2) is 11.3 Å². The summed E-state index contributed by atoms with van der Waals surface area (Å²) >= 11 is 0. The third-order valence-electron chi connectivity index (χ3n) is 5.23. The Morgan fingerprint density at radius 1 is 1.25 bits per heavy atom. The van der Waals surface area contributed by atoms with Gasteiger partial charge in [-0.2, -0.15) is 5.10 Å². The molecule has 3 aromatic heterocycles. The van der Waals surface area contributed by atoms with Gasteiger partial charge < -0.3 is 14.4 Å². The highest BCUT2D eigenvalue weighted by Gasteiger charge is 2.29. The maximum Gasteiger partial charge on any atom is 0.274 e. The molecule has 0 saturated carbocycles. The summed E-state index contributed by atoms with van der Waals surface area (Å²) in [6, 6.07) is 3.55. The Bertz CT molecular complexity index is 934. The van der Waals surface area contributed by atoms with E-state index >= 15 is 0 Å². The Kier molecular flexibility index (Phi) is 5.08. The van der Waals surface area contributed by atoms with Gasteiger partial charge >= 0.3 is 0 Å². The smallest absolute Gasteiger partial charge is 0.274 e. The Balaban J connectivity index is 1.44. The van der Waals surface area contributed by atoms with Crippen LogP contribution in [0.1, 0.15) is 47.8 Å². The molecule has 9 heteroatoms. The van der Waals surface area contributed by atoms with Crippen LogP contribution >= 0.6 is 0 Å². The summed E-state index contributed by atoms with van der Waals surface area (Å²) < 4.78 is 3.85. The van der Waals surface area contributed by atoms with Gasteiger partial charge in [-0.05, 0) is 39.9 Å². The van der Waals surface area contributed by atoms with Gasteiger partial charge in [0.25, 0.3) is 5.91 Å². The van der Waals surface area contributed by atoms with Gasteiger partial charge in [0, 0.05) is 44.0 Å². The van der Waals surface area contributed by atoms with Crippen LogP contribution in [0.5, 0.6) is 0 Å². The van der Waals surface area contributed by atoms with Crippen molar-refractivity contribution < 1.29 is 4.79 Å². The van der Waals surface area contributed by atoms with Crippen molar-refractivity contribution in [1.82, 2.24) is 39.2 Å². The van der Waals surface area contributed by atoms with Gasteiger partial charge in [-0.1, -0.05) is 0 Å². The van der Waals surface area contributed by atoms with E-state index < -0.39 is 0 Å². The fourth-order valence-corrected chi connectivity index (χ4v) is 3.83. The van der Waals surface area contributed by atoms with Crippen LogP contribution in [0.4, 0.5) is 0 Å². The predicted octanol–water partition coefficient (Wildman–Crippen LogP) is 1.42. The Morgan fingerprint density at radius 2 is 2.04 bits per heavy atom. The average molecular weight is 382 g/mol. The first kappa shape index (κ1) is 18.5. The second-order valence-corrected chi connectivity index (χ2v) is 7.47. The number of likely N-dealkylation sites (tertiary alicyclic amines) is 1. The third-order valence-corrected chi connectivity index (χ3v) is 5.23. The van der Waals surface area contributed by atoms with Gasteiger partial charge in [-0.3, -0.25) is 4.79 Å². The molecule has 9 nitrogen and oxygen atoms in total. The topological polar surface area (TPSA) is 84.5 Å². The summed E-state index contributed by atoms with van der Waals surface area (Å²) in [5.74, 6) is 2.34. The minimum absolute atomic E-state index is 0.0331. The van der Waals surface area contributed by atoms with Crippen LogP contribution in [-0.4, -0.2) is 72.3 Å². The lowest BCUT2D eigenvalue weighted by molar-refractivity contribution is 0.0704. The molecule has 0 unspecified atom stereocenters. The molecule has 1 aliphatic heterocycles. The average Bonchev–Trinajstić information content (AvgIpc) is 3.30. The predicted molar refractivity (Wildman–Crippen MR) is 104 cm³/mol. The van der Waals surface area contributed by atoms with E-state index in [1.54, 1.807) is 29.0 Å². The molecular weight excluding hydrogens is 356 g/mol. The number of carbonyl (C=O) groups excluding carboxylic acids is 1. The molecule has 1 saturated heterocycles. The minimum atomic E-state index is -0.0331. The van der Waals surface area contributed by atoms with Crippen LogP contribution in [-0.2, 0) is 13.1 Å². The van der Waals surface area contributed by atoms with Crippen molar-refractivity contribution in [3.8, 4) is 0 Å². The second-order valence-electron chi connectivity index (χ2n) is 7.47. The molecular formula is C19H26N8O. The molecule has 4 rings (SSSR count). The normalized spacial score (nSPS) is 15.6. The van der Waals surface area contributed by atoms with E-state index in [-0.39, 0.29) is 5.91 Å². The number of hydrogen-bond donors (Lipinski definition) is 0. The molecule has 0 spiro atoms. The molecule has 28 heavy (non-hydrogen) atoms. The minimum Gasteiger partial charge on any atom is -0.337 e. The van der Waals surface area contributed by atoms with E-state index in [0.717, 1.165) is 37.6 Å². The number of fused-ring (bicyclic) bond motifs is 1. The third kappa shape index (κ3) is 3.49. The summed E-state index contributed by atoms with van der Waals surface area (Å²) in [7, 11) is 4.07. The zero-order chi connectivity index (χ0) is 19.7. The Labute approximate surface area is 164 Å². The lowest BCUT2D eigenvalue weighted by Crippen LogP contribution is -2.38. The molecule has 0 aliphatic carbocycles. The maximum absolute atomic E-state index is 12.8. The van der Waals surface area contributed by atoms with E-state index in [1.165, 1.54) is 0 Å². The number of hydrogen-bond acceptors (Lipinski definition) is 6. The largest absolute Gasteiger partial charge is 0.337 e. The molecule has 0 N–H and O–H groups in total. The Hall–Kier alpha value is -2.81. The van der Waals surface area contributed by atoms with Crippen LogP contribution in [0.25, 0.3) is 5.65 Å². The van der Waals surface area contributed by atoms with Gasteiger partial charge in [0.2, 0.25) is 0 Å². The van der Waals surface area contributed by atoms with Crippen molar-refractivity contribution in [2.45, 2.75) is 38.8 Å². The van der Waals surface area contributed by atoms with Crippen LogP contribution in [0.3, 0.4) is 0 Å². The van der Waals surface area contributed by atoms with Crippen LogP contribution in [0.15, 0.2) is 24.5 Å². The van der Waals surface area contributed by atoms with E-state index in [0.29, 0.717) is 30.3 Å². The van der Waals surface area contributed by atoms with Crippen molar-refractivity contribution in [2.24, 2.45) is 0 Å². The molecule has 1 amide bonds. The summed E-state index contributed by atoms with van der Waals surface area (Å²) in [5, 5.41) is 13.2. The summed E-state index contributed by atoms with van der Waals surface area (Å²) in [6.45, 7) is 5.16. The summed E-state index contributed by atoms with van der Waals surface area (Å²) in [6.07, 6.45) is 5.27. The Morgan fingerprint density at radius 3 is 2.71 bits per heavy atom. The van der Waals surface area contributed by atoms with Crippen molar-refractivity contribution in [3.63, 3.8) is 0 Å². The number of aromatic nitrogens is 6. The highest BCUT2D eigenvalue weighted by Crippen LogP contribution is 2.28. The van der Waals surface area contributed by atoms with E-state index in [2.05, 4.69) is 36.7 Å². The van der Waals surface area contributed by atoms with Crippen LogP contribution in [0.2, 0.25) is 0 Å². The molecule has 0 bridgehead atoms. The standard InChI is InChI=1S/C19H26N8O/c1-4-26-17(13-24(2)3)21-22-18(26)14-6-10-25(11-7-14)19(28)15-12-16-20-8-5-9-27(16)23-15/h5,8-9,12,14H,4,6-7,10-11,13H2,1-3H3. The molecule has 3 aromatic rings. The quantitative estimate of drug-likeness (QED) is 0.664. The molecule has 1 fully saturated rings. The molecule has 0 radical (unpaired) electrons. The molecule has 1 aliphatic rings. The number of carbonyl (C=O) groups is 1. The molecule has 4 heterocycles. The monoisotopic (exact) mass is 382 g/mol. The number of rotatable bonds is 5. The lowest BCUT2D eigenvalue weighted by atomic mass is 9.95. The number of nitrogens with zero attached hydrogens (tertiary/aromatic N) is 8. The SMILES string of the molecule is CCn1c(CN(C)C)nnc1C1CCN(C(=O)c2cc3ncccn3n2)CC1. The van der Waals surface area contributed by atoms with Gasteiger partial charge in [0.1, 0.15) is 11.6 Å². The zero-order valence-corrected chi connectivity index (χ0v) is 16.6.